The number of nitrogens with zero attached hydrogens (tertiary/aromatic N) is 5. The Morgan fingerprint density at radius 2 is 1.32 bits per heavy atom. The van der Waals surface area contributed by atoms with E-state index in [9.17, 15) is 0 Å². The summed E-state index contributed by atoms with van der Waals surface area (Å²) in [6, 6.07) is 27.2. The molecule has 6 heterocycles. The fraction of sp³-hybridized carbons (Fsp3) is 0.419. The van der Waals surface area contributed by atoms with Gasteiger partial charge in [-0.1, -0.05) is 30.3 Å². The van der Waals surface area contributed by atoms with Crippen LogP contribution in [-0.2, 0) is 0 Å². The average Bonchev–Trinajstić information content (AvgIpc) is 3.51. The highest BCUT2D eigenvalue weighted by atomic mass is 32.1. The van der Waals surface area contributed by atoms with Gasteiger partial charge in [-0.05, 0) is 121 Å². The van der Waals surface area contributed by atoms with Crippen LogP contribution in [0.1, 0.15) is 81.1 Å². The first-order chi connectivity index (χ1) is 25.1. The highest BCUT2D eigenvalue weighted by Gasteiger charge is 2.39. The molecule has 9 nitrogen and oxygen atoms in total. The quantitative estimate of drug-likeness (QED) is 0.155. The number of rotatable bonds is 6. The minimum Gasteiger partial charge on any atom is -0.473 e. The predicted octanol–water partition coefficient (Wildman–Crippen LogP) is 9.46. The molecule has 10 heteroatoms. The van der Waals surface area contributed by atoms with Crippen molar-refractivity contribution in [3.63, 3.8) is 0 Å². The summed E-state index contributed by atoms with van der Waals surface area (Å²) in [6.45, 7) is 17.9. The van der Waals surface area contributed by atoms with E-state index in [0.29, 0.717) is 11.9 Å². The van der Waals surface area contributed by atoms with Crippen molar-refractivity contribution in [3.8, 4) is 27.7 Å². The van der Waals surface area contributed by atoms with Gasteiger partial charge in [-0.15, -0.1) is 31.7 Å². The lowest BCUT2D eigenvalue weighted by molar-refractivity contribution is 0.0524. The summed E-state index contributed by atoms with van der Waals surface area (Å²) in [5, 5.41) is 32.1. The number of anilines is 1. The molecule has 4 aromatic heterocycles. The molecule has 0 radical (unpaired) electrons. The Morgan fingerprint density at radius 3 is 1.98 bits per heavy atom. The molecule has 6 aromatic rings. The maximum absolute atomic E-state index is 6.16. The van der Waals surface area contributed by atoms with E-state index in [2.05, 4.69) is 157 Å². The molecule has 0 amide bonds. The topological polar surface area (TPSA) is 110 Å². The third kappa shape index (κ3) is 9.36. The van der Waals surface area contributed by atoms with E-state index in [4.69, 9.17) is 4.74 Å². The van der Waals surface area contributed by atoms with Gasteiger partial charge in [0.05, 0.1) is 10.6 Å². The fourth-order valence-corrected chi connectivity index (χ4v) is 9.57. The van der Waals surface area contributed by atoms with Crippen LogP contribution in [0.4, 0.5) is 5.82 Å². The minimum atomic E-state index is 0.0406. The van der Waals surface area contributed by atoms with Crippen molar-refractivity contribution < 1.29 is 4.74 Å². The van der Waals surface area contributed by atoms with Crippen molar-refractivity contribution in [2.75, 3.05) is 5.32 Å². The lowest BCUT2D eigenvalue weighted by Crippen LogP contribution is -2.60. The molecule has 2 aromatic carbocycles. The first kappa shape index (κ1) is 36.8. The number of pyridine rings is 1. The molecule has 0 bridgehead atoms. The number of thiophene rings is 1. The van der Waals surface area contributed by atoms with Crippen LogP contribution in [0.25, 0.3) is 42.7 Å². The van der Waals surface area contributed by atoms with Gasteiger partial charge in [0.15, 0.2) is 0 Å². The number of piperidine rings is 2. The Kier molecular flexibility index (Phi) is 9.99. The Bertz CT molecular complexity index is 2110. The molecule has 8 rings (SSSR count). The van der Waals surface area contributed by atoms with Crippen molar-refractivity contribution in [1.82, 2.24) is 36.0 Å². The Hall–Kier alpha value is -4.51. The normalized spacial score (nSPS) is 19.3. The van der Waals surface area contributed by atoms with Gasteiger partial charge in [0.2, 0.25) is 5.88 Å². The summed E-state index contributed by atoms with van der Waals surface area (Å²) in [5.41, 5.74) is 3.10. The van der Waals surface area contributed by atoms with Crippen LogP contribution in [-0.4, -0.2) is 59.7 Å². The summed E-state index contributed by atoms with van der Waals surface area (Å²) in [4.78, 5) is 5.35. The van der Waals surface area contributed by atoms with E-state index in [0.717, 1.165) is 64.1 Å². The third-order valence-corrected chi connectivity index (χ3v) is 11.0. The molecule has 0 aliphatic carbocycles. The van der Waals surface area contributed by atoms with Gasteiger partial charge in [-0.2, -0.15) is 0 Å². The maximum Gasteiger partial charge on any atom is 0.233 e. The van der Waals surface area contributed by atoms with Gasteiger partial charge in [0, 0.05) is 75.1 Å². The van der Waals surface area contributed by atoms with E-state index < -0.39 is 0 Å². The molecule has 3 N–H and O–H groups in total. The van der Waals surface area contributed by atoms with Crippen LogP contribution < -0.4 is 20.7 Å². The Labute approximate surface area is 317 Å². The lowest BCUT2D eigenvalue weighted by Gasteiger charge is -2.46. The zero-order valence-electron chi connectivity index (χ0n) is 32.2. The number of ether oxygens (including phenoxy) is 1. The molecule has 0 spiro atoms. The van der Waals surface area contributed by atoms with Crippen molar-refractivity contribution in [2.45, 2.75) is 115 Å². The van der Waals surface area contributed by atoms with Gasteiger partial charge in [-0.25, -0.2) is 0 Å². The Balaban J connectivity index is 0.000000164. The highest BCUT2D eigenvalue weighted by molar-refractivity contribution is 7.22. The molecule has 276 valence electrons. The van der Waals surface area contributed by atoms with Gasteiger partial charge in [-0.3, -0.25) is 4.98 Å². The molecule has 2 fully saturated rings. The molecular weight excluding hydrogens is 677 g/mol. The number of benzene rings is 2. The fourth-order valence-electron chi connectivity index (χ4n) is 8.55. The first-order valence-electron chi connectivity index (χ1n) is 18.6. The van der Waals surface area contributed by atoms with E-state index in [1.54, 1.807) is 17.5 Å². The van der Waals surface area contributed by atoms with Crippen LogP contribution >= 0.6 is 11.3 Å². The van der Waals surface area contributed by atoms with Crippen molar-refractivity contribution >= 4 is 38.0 Å². The minimum absolute atomic E-state index is 0.0406. The zero-order chi connectivity index (χ0) is 37.4. The summed E-state index contributed by atoms with van der Waals surface area (Å²) < 4.78 is 7.45. The zero-order valence-corrected chi connectivity index (χ0v) is 33.0. The third-order valence-electron chi connectivity index (χ3n) is 9.90. The van der Waals surface area contributed by atoms with Crippen LogP contribution in [0.2, 0.25) is 0 Å². The number of fused-ring (bicyclic) bond motifs is 2. The standard InChI is InChI=1S/C22H26N4O.C21H26N4S/c1-21(2)12-18(13-22(3,4)26-21)27-20-8-7-19(24-25-20)16-6-5-15-9-10-23-14-17(15)11-16;1-20(2)12-15(13-21(3,4)25-20)22-19-10-9-16(23-24-19)18-11-14-7-5-6-8-17(14)26-18/h5-11,14,18,26H,12-13H2,1-4H3;5-11,15,25H,12-13H2,1-4H3,(H,22,24). The van der Waals surface area contributed by atoms with E-state index in [1.165, 1.54) is 10.1 Å². The van der Waals surface area contributed by atoms with E-state index >= 15 is 0 Å². The molecule has 2 aliphatic rings. The highest BCUT2D eigenvalue weighted by Crippen LogP contribution is 2.34. The summed E-state index contributed by atoms with van der Waals surface area (Å²) >= 11 is 1.76. The van der Waals surface area contributed by atoms with E-state index in [1.807, 2.05) is 24.4 Å². The molecular formula is C43H52N8OS. The van der Waals surface area contributed by atoms with Crippen molar-refractivity contribution in [1.29, 1.82) is 0 Å². The second kappa shape index (κ2) is 14.4. The SMILES string of the molecule is CC1(C)CC(Nc2ccc(-c3cc4ccccc4s3)nn2)CC(C)(C)N1.CC1(C)CC(Oc2ccc(-c3ccc4ccncc4c3)nn2)CC(C)(C)N1. The van der Waals surface area contributed by atoms with Crippen LogP contribution in [0, 0.1) is 0 Å². The number of hydrogen-bond acceptors (Lipinski definition) is 10. The van der Waals surface area contributed by atoms with Crippen molar-refractivity contribution in [2.24, 2.45) is 0 Å². The monoisotopic (exact) mass is 728 g/mol. The van der Waals surface area contributed by atoms with Gasteiger partial charge < -0.3 is 20.7 Å². The van der Waals surface area contributed by atoms with Gasteiger partial charge in [0.25, 0.3) is 0 Å². The molecule has 53 heavy (non-hydrogen) atoms. The van der Waals surface area contributed by atoms with Crippen LogP contribution in [0.3, 0.4) is 0 Å². The number of aromatic nitrogens is 5. The summed E-state index contributed by atoms with van der Waals surface area (Å²) in [7, 11) is 0. The second-order valence-corrected chi connectivity index (χ2v) is 18.4. The average molecular weight is 729 g/mol. The molecule has 0 saturated carbocycles. The van der Waals surface area contributed by atoms with Crippen LogP contribution in [0.5, 0.6) is 5.88 Å². The molecule has 0 atom stereocenters. The largest absolute Gasteiger partial charge is 0.473 e. The molecule has 2 saturated heterocycles. The smallest absolute Gasteiger partial charge is 0.233 e. The lowest BCUT2D eigenvalue weighted by atomic mass is 9.79. The van der Waals surface area contributed by atoms with Gasteiger partial charge in [0.1, 0.15) is 17.6 Å². The van der Waals surface area contributed by atoms with Crippen LogP contribution in [0.15, 0.2) is 91.3 Å². The first-order valence-corrected chi connectivity index (χ1v) is 19.4. The maximum atomic E-state index is 6.16. The molecule has 2 aliphatic heterocycles. The van der Waals surface area contributed by atoms with Gasteiger partial charge >= 0.3 is 0 Å². The number of hydrogen-bond donors (Lipinski definition) is 3. The second-order valence-electron chi connectivity index (χ2n) is 17.3. The summed E-state index contributed by atoms with van der Waals surface area (Å²) in [6.07, 6.45) is 7.81. The van der Waals surface area contributed by atoms with E-state index in [-0.39, 0.29) is 28.3 Å². The van der Waals surface area contributed by atoms with Crippen molar-refractivity contribution in [3.05, 3.63) is 91.3 Å². The molecule has 0 unspecified atom stereocenters. The summed E-state index contributed by atoms with van der Waals surface area (Å²) in [5.74, 6) is 1.44. The predicted molar refractivity (Wildman–Crippen MR) is 219 cm³/mol. The number of nitrogens with one attached hydrogen (secondary N) is 3. The Morgan fingerprint density at radius 1 is 0.642 bits per heavy atom.